The molecule has 0 saturated heterocycles. The van der Waals surface area contributed by atoms with E-state index in [1.165, 1.54) is 0 Å². The molecule has 17 heavy (non-hydrogen) atoms. The van der Waals surface area contributed by atoms with Gasteiger partial charge in [0.15, 0.2) is 0 Å². The molecule has 1 atom stereocenters. The Bertz CT molecular complexity index is 369. The lowest BCUT2D eigenvalue weighted by molar-refractivity contribution is 0.101. The zero-order chi connectivity index (χ0) is 13.0. The van der Waals surface area contributed by atoms with Gasteiger partial charge in [0.05, 0.1) is 12.7 Å². The minimum Gasteiger partial charge on any atom is -0.394 e. The van der Waals surface area contributed by atoms with Crippen molar-refractivity contribution in [3.8, 4) is 0 Å². The van der Waals surface area contributed by atoms with Crippen LogP contribution < -0.4 is 4.90 Å². The molecule has 5 heteroatoms. The Kier molecular flexibility index (Phi) is 4.84. The highest BCUT2D eigenvalue weighted by Gasteiger charge is 2.12. The van der Waals surface area contributed by atoms with Crippen molar-refractivity contribution in [2.75, 3.05) is 25.1 Å². The smallest absolute Gasteiger partial charge is 0.132 e. The largest absolute Gasteiger partial charge is 0.394 e. The standard InChI is InChI=1S/C12H21N3O2/c1-8(2)11-5-12(14-9(3)13-11)15(4)6-10(17)7-16/h5,8,10,16-17H,6-7H2,1-4H3. The number of hydrogen-bond acceptors (Lipinski definition) is 5. The summed E-state index contributed by atoms with van der Waals surface area (Å²) in [5.41, 5.74) is 0.984. The van der Waals surface area contributed by atoms with Crippen LogP contribution in [-0.2, 0) is 0 Å². The fourth-order valence-corrected chi connectivity index (χ4v) is 1.53. The van der Waals surface area contributed by atoms with E-state index in [1.54, 1.807) is 0 Å². The summed E-state index contributed by atoms with van der Waals surface area (Å²) in [6, 6.07) is 1.92. The fourth-order valence-electron chi connectivity index (χ4n) is 1.53. The molecule has 2 N–H and O–H groups in total. The second-order valence-corrected chi connectivity index (χ2v) is 4.57. The lowest BCUT2D eigenvalue weighted by Gasteiger charge is -2.21. The summed E-state index contributed by atoms with van der Waals surface area (Å²) in [5.74, 6) is 1.83. The van der Waals surface area contributed by atoms with Gasteiger partial charge < -0.3 is 15.1 Å². The minimum atomic E-state index is -0.752. The molecule has 0 aliphatic carbocycles. The third kappa shape index (κ3) is 3.94. The average molecular weight is 239 g/mol. The Balaban J connectivity index is 2.89. The van der Waals surface area contributed by atoms with Crippen LogP contribution in [0.15, 0.2) is 6.07 Å². The van der Waals surface area contributed by atoms with E-state index in [9.17, 15) is 5.11 Å². The highest BCUT2D eigenvalue weighted by molar-refractivity contribution is 5.39. The van der Waals surface area contributed by atoms with E-state index in [0.717, 1.165) is 17.3 Å². The zero-order valence-electron chi connectivity index (χ0n) is 10.9. The second-order valence-electron chi connectivity index (χ2n) is 4.57. The zero-order valence-corrected chi connectivity index (χ0v) is 10.9. The van der Waals surface area contributed by atoms with Crippen LogP contribution in [0.4, 0.5) is 5.82 Å². The first kappa shape index (κ1) is 13.9. The lowest BCUT2D eigenvalue weighted by Crippen LogP contribution is -2.32. The summed E-state index contributed by atoms with van der Waals surface area (Å²) >= 11 is 0. The monoisotopic (exact) mass is 239 g/mol. The molecular formula is C12H21N3O2. The molecule has 0 aliphatic heterocycles. The summed E-state index contributed by atoms with van der Waals surface area (Å²) in [6.07, 6.45) is -0.752. The van der Waals surface area contributed by atoms with Gasteiger partial charge in [0.2, 0.25) is 0 Å². The van der Waals surface area contributed by atoms with Crippen molar-refractivity contribution in [2.24, 2.45) is 0 Å². The molecule has 1 aromatic rings. The molecule has 0 bridgehead atoms. The van der Waals surface area contributed by atoms with E-state index in [2.05, 4.69) is 23.8 Å². The molecule has 1 heterocycles. The third-order valence-electron chi connectivity index (χ3n) is 2.52. The van der Waals surface area contributed by atoms with Gasteiger partial charge in [-0.15, -0.1) is 0 Å². The number of aryl methyl sites for hydroxylation is 1. The Morgan fingerprint density at radius 1 is 1.35 bits per heavy atom. The average Bonchev–Trinajstić information content (AvgIpc) is 2.27. The Morgan fingerprint density at radius 2 is 2.00 bits per heavy atom. The molecule has 0 radical (unpaired) electrons. The molecule has 0 fully saturated rings. The van der Waals surface area contributed by atoms with Crippen molar-refractivity contribution < 1.29 is 10.2 Å². The first-order chi connectivity index (χ1) is 7.93. The molecule has 1 aromatic heterocycles. The Morgan fingerprint density at radius 3 is 2.53 bits per heavy atom. The van der Waals surface area contributed by atoms with Crippen molar-refractivity contribution in [2.45, 2.75) is 32.8 Å². The molecule has 0 spiro atoms. The van der Waals surface area contributed by atoms with Gasteiger partial charge in [-0.3, -0.25) is 0 Å². The topological polar surface area (TPSA) is 69.5 Å². The second kappa shape index (κ2) is 5.93. The number of rotatable bonds is 5. The Labute approximate surface area is 102 Å². The maximum atomic E-state index is 9.40. The van der Waals surface area contributed by atoms with Crippen LogP contribution in [0, 0.1) is 6.92 Å². The SMILES string of the molecule is Cc1nc(C(C)C)cc(N(C)CC(O)CO)n1. The molecule has 0 amide bonds. The highest BCUT2D eigenvalue weighted by atomic mass is 16.3. The summed E-state index contributed by atoms with van der Waals surface area (Å²) < 4.78 is 0. The number of likely N-dealkylation sites (N-methyl/N-ethyl adjacent to an activating group) is 1. The van der Waals surface area contributed by atoms with Gasteiger partial charge in [0, 0.05) is 25.4 Å². The van der Waals surface area contributed by atoms with Crippen LogP contribution >= 0.6 is 0 Å². The Hall–Kier alpha value is -1.20. The molecule has 1 rings (SSSR count). The predicted molar refractivity (Wildman–Crippen MR) is 67.2 cm³/mol. The van der Waals surface area contributed by atoms with Crippen molar-refractivity contribution in [1.82, 2.24) is 9.97 Å². The highest BCUT2D eigenvalue weighted by Crippen LogP contribution is 2.17. The molecular weight excluding hydrogens is 218 g/mol. The molecule has 96 valence electrons. The van der Waals surface area contributed by atoms with Crippen molar-refractivity contribution in [1.29, 1.82) is 0 Å². The van der Waals surface area contributed by atoms with Crippen LogP contribution in [0.25, 0.3) is 0 Å². The number of nitrogens with zero attached hydrogens (tertiary/aromatic N) is 3. The van der Waals surface area contributed by atoms with Crippen molar-refractivity contribution in [3.05, 3.63) is 17.6 Å². The van der Waals surface area contributed by atoms with Gasteiger partial charge in [-0.25, -0.2) is 9.97 Å². The molecule has 1 unspecified atom stereocenters. The lowest BCUT2D eigenvalue weighted by atomic mass is 10.1. The first-order valence-corrected chi connectivity index (χ1v) is 5.79. The van der Waals surface area contributed by atoms with Gasteiger partial charge in [-0.2, -0.15) is 0 Å². The maximum absolute atomic E-state index is 9.40. The number of hydrogen-bond donors (Lipinski definition) is 2. The van der Waals surface area contributed by atoms with Gasteiger partial charge in [-0.05, 0) is 12.8 Å². The molecule has 0 aliphatic rings. The van der Waals surface area contributed by atoms with Crippen LogP contribution in [0.5, 0.6) is 0 Å². The van der Waals surface area contributed by atoms with Crippen molar-refractivity contribution in [3.63, 3.8) is 0 Å². The molecule has 0 saturated carbocycles. The summed E-state index contributed by atoms with van der Waals surface area (Å²) in [4.78, 5) is 10.5. The van der Waals surface area contributed by atoms with E-state index < -0.39 is 6.10 Å². The van der Waals surface area contributed by atoms with Gasteiger partial charge in [0.1, 0.15) is 11.6 Å². The molecule has 5 nitrogen and oxygen atoms in total. The summed E-state index contributed by atoms with van der Waals surface area (Å²) in [7, 11) is 1.84. The van der Waals surface area contributed by atoms with Crippen molar-refractivity contribution >= 4 is 5.82 Å². The van der Waals surface area contributed by atoms with E-state index in [0.29, 0.717) is 12.5 Å². The van der Waals surface area contributed by atoms with Gasteiger partial charge in [-0.1, -0.05) is 13.8 Å². The summed E-state index contributed by atoms with van der Waals surface area (Å²) in [6.45, 7) is 6.11. The predicted octanol–water partition coefficient (Wildman–Crippen LogP) is 0.698. The number of anilines is 1. The van der Waals surface area contributed by atoms with E-state index in [4.69, 9.17) is 5.11 Å². The van der Waals surface area contributed by atoms with E-state index >= 15 is 0 Å². The third-order valence-corrected chi connectivity index (χ3v) is 2.52. The van der Waals surface area contributed by atoms with Crippen LogP contribution in [-0.4, -0.2) is 46.5 Å². The maximum Gasteiger partial charge on any atom is 0.132 e. The molecule has 0 aromatic carbocycles. The van der Waals surface area contributed by atoms with Crippen LogP contribution in [0.2, 0.25) is 0 Å². The van der Waals surface area contributed by atoms with E-state index in [1.807, 2.05) is 24.9 Å². The van der Waals surface area contributed by atoms with Gasteiger partial charge in [0.25, 0.3) is 0 Å². The first-order valence-electron chi connectivity index (χ1n) is 5.79. The number of aliphatic hydroxyl groups is 2. The summed E-state index contributed by atoms with van der Waals surface area (Å²) in [5, 5.41) is 18.2. The van der Waals surface area contributed by atoms with Crippen LogP contribution in [0.3, 0.4) is 0 Å². The minimum absolute atomic E-state index is 0.245. The van der Waals surface area contributed by atoms with E-state index in [-0.39, 0.29) is 6.61 Å². The quantitative estimate of drug-likeness (QED) is 0.791. The van der Waals surface area contributed by atoms with Gasteiger partial charge >= 0.3 is 0 Å². The number of aromatic nitrogens is 2. The fraction of sp³-hybridized carbons (Fsp3) is 0.667. The number of aliphatic hydroxyl groups excluding tert-OH is 2. The normalized spacial score (nSPS) is 12.9. The van der Waals surface area contributed by atoms with Crippen LogP contribution in [0.1, 0.15) is 31.3 Å².